The van der Waals surface area contributed by atoms with E-state index in [9.17, 15) is 53.2 Å². The standard InChI is InChI=1S/C33H37F2N5O5S.C28H29F2N5O3S.C26H34FN5O4S.2CH4.3H2/c1-31(2,3)45-30(42)37-29-38-32(4,25-17-23(11-13-26(25)35)18-28(41)27-14-12-24(34)19-36-27)33(46(43,44)39(29)5)15-16-40(21-33)20-22-9-7-6-8-10-22;1-27(22-14-20(8-10-23(22)30)15-25(36)24-11-9-21(29)16-32-24)28(39(37,38)34(2)26(31)33-27)12-13-35(18-28)17-19-6-4-3-5-7-19;1-24(2,3)36-23(33)29-22-30-25(4,20-15-19(28)11-12-21(20)27)26(37(34,35)31(22)5)13-14-32(17-26)16-18-9-7-6-8-10-18;;;;;/h6-14,17,19H,15-16,18,20-21H2,1-5H3,(H,37,38,42);3-11,14,16H,12-13,15,17-18H2,1-2H3,(H2,31,33);6-12,15H,13-14,16-17,28H2,1-5H3,(H,29,30,33);2*1H4;3*1H/t32-,33?;27-,28?;25-,26?;;;;;/m111...../s1/i;;;;;2*1+1D;1+1. The van der Waals surface area contributed by atoms with Gasteiger partial charge in [0.25, 0.3) is 0 Å². The lowest BCUT2D eigenvalue weighted by molar-refractivity contribution is 0.0545. The molecule has 35 heteroatoms. The van der Waals surface area contributed by atoms with Crippen molar-refractivity contribution < 1.29 is 83.2 Å². The second kappa shape index (κ2) is 36.2. The van der Waals surface area contributed by atoms with Crippen LogP contribution in [0.5, 0.6) is 0 Å². The Bertz CT molecular complexity index is 5800. The van der Waals surface area contributed by atoms with Gasteiger partial charge in [-0.15, -0.1) is 0 Å². The number of hydrogen-bond donors (Lipinski definition) is 4. The number of nitrogen functional groups attached to an aromatic ring is 1. The highest BCUT2D eigenvalue weighted by Gasteiger charge is 2.69. The van der Waals surface area contributed by atoms with Crippen LogP contribution in [0.1, 0.15) is 169 Å². The van der Waals surface area contributed by atoms with Crippen molar-refractivity contribution in [2.45, 2.75) is 171 Å². The van der Waals surface area contributed by atoms with Gasteiger partial charge >= 0.3 is 12.2 Å². The van der Waals surface area contributed by atoms with E-state index in [0.717, 1.165) is 54.1 Å². The van der Waals surface area contributed by atoms with Crippen LogP contribution in [0.15, 0.2) is 197 Å². The van der Waals surface area contributed by atoms with Crippen molar-refractivity contribution in [3.8, 4) is 0 Å². The molecule has 6 atom stereocenters. The number of ketones is 2. The third-order valence-corrected chi connectivity index (χ3v) is 31.3. The number of aliphatic imine (C=N–C) groups is 3. The van der Waals surface area contributed by atoms with E-state index in [4.69, 9.17) is 36.9 Å². The Kier molecular flexibility index (Phi) is 26.9. The van der Waals surface area contributed by atoms with Crippen LogP contribution in [0.2, 0.25) is 0 Å². The average Bonchev–Trinajstić information content (AvgIpc) is 1.65. The fourth-order valence-corrected chi connectivity index (χ4v) is 23.5. The van der Waals surface area contributed by atoms with Gasteiger partial charge in [0.15, 0.2) is 11.6 Å². The summed E-state index contributed by atoms with van der Waals surface area (Å²) in [5, 5.41) is 4.93. The molecule has 0 aliphatic carbocycles. The number of guanidine groups is 3. The summed E-state index contributed by atoms with van der Waals surface area (Å²) in [7, 11) is -8.56. The smallest absolute Gasteiger partial charge is 0.414 e. The third kappa shape index (κ3) is 18.7. The van der Waals surface area contributed by atoms with Crippen molar-refractivity contribution in [1.82, 2.24) is 48.2 Å². The lowest BCUT2D eigenvalue weighted by Gasteiger charge is -2.49. The van der Waals surface area contributed by atoms with Gasteiger partial charge in [-0.3, -0.25) is 44.9 Å². The number of pyridine rings is 2. The fourth-order valence-electron chi connectivity index (χ4n) is 17.0. The van der Waals surface area contributed by atoms with Crippen LogP contribution in [0.3, 0.4) is 0 Å². The summed E-state index contributed by atoms with van der Waals surface area (Å²) in [6.45, 7) is 17.9. The number of nitrogens with one attached hydrogen (secondary N) is 2. The highest BCUT2D eigenvalue weighted by Crippen LogP contribution is 2.56. The fraction of sp³-hybridized carbons (Fsp3) is 0.404. The highest BCUT2D eigenvalue weighted by molar-refractivity contribution is 7.92. The van der Waals surface area contributed by atoms with Gasteiger partial charge in [-0.1, -0.05) is 118 Å². The van der Waals surface area contributed by atoms with Gasteiger partial charge in [-0.25, -0.2) is 84.7 Å². The first-order valence-electron chi connectivity index (χ1n) is 41.4. The summed E-state index contributed by atoms with van der Waals surface area (Å²) >= 11 is 0. The number of rotatable bonds is 15. The zero-order valence-electron chi connectivity index (χ0n) is 73.8. The van der Waals surface area contributed by atoms with E-state index in [1.807, 2.05) is 106 Å². The van der Waals surface area contributed by atoms with E-state index in [-0.39, 0.29) is 125 Å². The minimum atomic E-state index is -4.31. The van der Waals surface area contributed by atoms with Crippen LogP contribution >= 0.6 is 0 Å². The molecule has 3 unspecified atom stereocenters. The molecule has 6 N–H and O–H groups in total. The van der Waals surface area contributed by atoms with Gasteiger partial charge in [0.05, 0.1) is 12.4 Å². The topological polar surface area (TPSA) is 348 Å². The molecule has 3 fully saturated rings. The van der Waals surface area contributed by atoms with Crippen molar-refractivity contribution in [1.29, 1.82) is 0 Å². The Morgan fingerprint density at radius 2 is 0.758 bits per heavy atom. The van der Waals surface area contributed by atoms with Crippen molar-refractivity contribution in [2.75, 3.05) is 66.1 Å². The molecule has 14 rings (SSSR count). The van der Waals surface area contributed by atoms with Crippen molar-refractivity contribution in [2.24, 2.45) is 20.7 Å². The monoisotopic (exact) mass is 1780 g/mol. The Hall–Kier alpha value is -11.1. The van der Waals surface area contributed by atoms with Gasteiger partial charge in [-0.2, -0.15) is 0 Å². The van der Waals surface area contributed by atoms with Crippen LogP contribution in [0.25, 0.3) is 0 Å². The molecular weight excluding hydrogens is 1660 g/mol. The molecule has 0 radical (unpaired) electrons. The molecule has 8 aromatic rings. The Morgan fingerprint density at radius 3 is 1.08 bits per heavy atom. The number of nitrogens with zero attached hydrogens (tertiary/aromatic N) is 11. The maximum absolute atomic E-state index is 16.0. The molecule has 124 heavy (non-hydrogen) atoms. The number of halogens is 5. The van der Waals surface area contributed by atoms with Gasteiger partial charge in [0, 0.05) is 123 Å². The molecule has 3 saturated heterocycles. The van der Waals surface area contributed by atoms with Gasteiger partial charge < -0.3 is 20.9 Å². The van der Waals surface area contributed by atoms with Crippen molar-refractivity contribution in [3.63, 3.8) is 0 Å². The summed E-state index contributed by atoms with van der Waals surface area (Å²) < 4.78 is 188. The number of sulfonamides is 3. The summed E-state index contributed by atoms with van der Waals surface area (Å²) in [6, 6.07) is 46.1. The first-order valence-corrected chi connectivity index (χ1v) is 43.7. The maximum Gasteiger partial charge on any atom is 0.414 e. The molecular formula is C89H114F5N15O12S3. The van der Waals surface area contributed by atoms with E-state index in [2.05, 4.69) is 25.6 Å². The number of benzene rings is 6. The predicted molar refractivity (Wildman–Crippen MR) is 472 cm³/mol. The number of Topliss-reactive ketones (excluding diaryl/α,β-unsaturated/α-hetero) is 2. The Labute approximate surface area is 730 Å². The minimum Gasteiger partial charge on any atom is -0.444 e. The number of aromatic nitrogens is 2. The molecule has 8 heterocycles. The van der Waals surface area contributed by atoms with E-state index in [1.165, 1.54) is 87.9 Å². The Balaban J connectivity index is 0.000000258. The Morgan fingerprint density at radius 1 is 0.444 bits per heavy atom. The molecule has 2 aromatic heterocycles. The number of amides is 2. The summed E-state index contributed by atoms with van der Waals surface area (Å²) in [5.74, 6) is -4.77. The first-order chi connectivity index (χ1) is 59.2. The molecule has 0 saturated carbocycles. The number of likely N-dealkylation sites (tertiary alicyclic amines) is 3. The molecule has 2 amide bonds. The molecule has 3 spiro atoms. The van der Waals surface area contributed by atoms with Crippen LogP contribution in [-0.2, 0) is 88.6 Å². The number of anilines is 1. The zero-order valence-corrected chi connectivity index (χ0v) is 72.3. The van der Waals surface area contributed by atoms with E-state index in [1.54, 1.807) is 62.3 Å². The molecule has 6 aliphatic heterocycles. The molecule has 27 nitrogen and oxygen atoms in total. The quantitative estimate of drug-likeness (QED) is 0.0421. The average molecular weight is 1780 g/mol. The van der Waals surface area contributed by atoms with E-state index in [0.29, 0.717) is 50.4 Å². The lowest BCUT2D eigenvalue weighted by atomic mass is 9.77. The number of carbonyl (C=O) groups is 4. The number of carbonyl (C=O) groups excluding carboxylic acids is 4. The van der Waals surface area contributed by atoms with Crippen LogP contribution in [-0.4, -0.2) is 190 Å². The van der Waals surface area contributed by atoms with Crippen LogP contribution < -0.4 is 22.1 Å². The largest absolute Gasteiger partial charge is 0.444 e. The van der Waals surface area contributed by atoms with Crippen molar-refractivity contribution >= 4 is 77.4 Å². The van der Waals surface area contributed by atoms with E-state index < -0.39 is 119 Å². The number of nitrogens with two attached hydrogens (primary N) is 2. The normalized spacial score (nSPS) is 24.0. The van der Waals surface area contributed by atoms with Gasteiger partial charge in [0.1, 0.15) is 82.5 Å². The number of ether oxygens (including phenoxy) is 2. The first kappa shape index (κ1) is 92.1. The SMILES string of the molecule is C.C.CN1C(N)=N[C@](C)(c2cc(CC(=O)c3ccc(F)cn3)ccc2F)C2(CCN(Cc3ccccc3)C2)S1(=O)=O.CN1C(NC(=O)OC(C)(C)C)=N[C@](C)(c2cc(CC(=O)c3ccc(F)cn3)ccc2F)C2(CCN(Cc3ccccc3)C2)S1(=O)=O.CN1C(NC(=O)OC(C)(C)C)=N[C@](C)(c2cc(N)ccc2F)C2(CCN(Cc3ccccc3)C2)S1(=O)=O.[2HH].[2H][2H].[2H][2H]. The molecule has 0 bridgehead atoms. The van der Waals surface area contributed by atoms with Crippen molar-refractivity contribution in [3.05, 3.63) is 267 Å². The highest BCUT2D eigenvalue weighted by atomic mass is 32.2. The minimum absolute atomic E-state index is 0. The van der Waals surface area contributed by atoms with Crippen LogP contribution in [0, 0.1) is 29.1 Å². The molecule has 6 aliphatic rings. The second-order valence-corrected chi connectivity index (χ2v) is 40.7. The summed E-state index contributed by atoms with van der Waals surface area (Å²) in [4.78, 5) is 79.1. The van der Waals surface area contributed by atoms with Gasteiger partial charge in [-0.05, 0) is 176 Å². The van der Waals surface area contributed by atoms with Crippen LogP contribution in [0.4, 0.5) is 37.2 Å². The second-order valence-electron chi connectivity index (χ2n) is 33.8. The predicted octanol–water partition coefficient (Wildman–Crippen LogP) is 13.5. The summed E-state index contributed by atoms with van der Waals surface area (Å²) in [6.07, 6.45) is 0.307. The van der Waals surface area contributed by atoms with Gasteiger partial charge in [0.2, 0.25) is 47.9 Å². The maximum atomic E-state index is 16.0. The molecule has 6 aromatic carbocycles. The third-order valence-electron chi connectivity index (χ3n) is 23.4. The number of alkyl carbamates (subject to hydrolysis) is 2. The zero-order chi connectivity index (χ0) is 92.7. The summed E-state index contributed by atoms with van der Waals surface area (Å²) in [5.41, 5.74) is 9.79. The van der Waals surface area contributed by atoms with E-state index >= 15 is 13.2 Å². The lowest BCUT2D eigenvalue weighted by Crippen LogP contribution is -2.66. The molecule has 670 valence electrons. The number of hydrogen-bond acceptors (Lipinski definition) is 22.